The number of nitrogen functional groups attached to an aromatic ring is 1. The second kappa shape index (κ2) is 8.81. The molecule has 7 nitrogen and oxygen atoms in total. The SMILES string of the molecule is CN(c1cccc(C(=CC(=O)NO)c2ccccc2)c1)S(=O)(=O)c1ccc(N)cc1. The summed E-state index contributed by atoms with van der Waals surface area (Å²) in [4.78, 5) is 11.9. The van der Waals surface area contributed by atoms with Gasteiger partial charge < -0.3 is 5.73 Å². The van der Waals surface area contributed by atoms with Gasteiger partial charge in [-0.3, -0.25) is 14.3 Å². The maximum absolute atomic E-state index is 13.0. The molecule has 0 aliphatic carbocycles. The summed E-state index contributed by atoms with van der Waals surface area (Å²) in [5.41, 5.74) is 10.0. The van der Waals surface area contributed by atoms with Crippen molar-refractivity contribution in [3.8, 4) is 0 Å². The minimum atomic E-state index is -3.80. The lowest BCUT2D eigenvalue weighted by Crippen LogP contribution is -2.26. The van der Waals surface area contributed by atoms with Gasteiger partial charge in [0, 0.05) is 18.8 Å². The minimum Gasteiger partial charge on any atom is -0.399 e. The van der Waals surface area contributed by atoms with Crippen molar-refractivity contribution in [1.82, 2.24) is 5.48 Å². The van der Waals surface area contributed by atoms with Gasteiger partial charge in [-0.15, -0.1) is 0 Å². The molecule has 0 aliphatic heterocycles. The molecular weight excluding hydrogens is 402 g/mol. The fourth-order valence-electron chi connectivity index (χ4n) is 2.92. The quantitative estimate of drug-likeness (QED) is 0.244. The number of carbonyl (C=O) groups is 1. The van der Waals surface area contributed by atoms with Gasteiger partial charge in [0.25, 0.3) is 15.9 Å². The standard InChI is InChI=1S/C22H21N3O4S/c1-25(30(28,29)20-12-10-18(23)11-13-20)19-9-5-8-17(14-19)21(15-22(26)24-27)16-6-3-2-4-7-16/h2-15,27H,23H2,1H3,(H,24,26). The Balaban J connectivity index is 2.04. The maximum Gasteiger partial charge on any atom is 0.267 e. The van der Waals surface area contributed by atoms with Crippen LogP contribution >= 0.6 is 0 Å². The largest absolute Gasteiger partial charge is 0.399 e. The summed E-state index contributed by atoms with van der Waals surface area (Å²) in [7, 11) is -2.35. The summed E-state index contributed by atoms with van der Waals surface area (Å²) >= 11 is 0. The van der Waals surface area contributed by atoms with E-state index >= 15 is 0 Å². The first kappa shape index (κ1) is 21.1. The number of carbonyl (C=O) groups excluding carboxylic acids is 1. The van der Waals surface area contributed by atoms with Crippen LogP contribution in [-0.4, -0.2) is 26.6 Å². The summed E-state index contributed by atoms with van der Waals surface area (Å²) in [5.74, 6) is -0.692. The van der Waals surface area contributed by atoms with Crippen LogP contribution < -0.4 is 15.5 Å². The van der Waals surface area contributed by atoms with Gasteiger partial charge in [0.05, 0.1) is 10.6 Å². The Kier molecular flexibility index (Phi) is 6.20. The number of amides is 1. The van der Waals surface area contributed by atoms with Crippen molar-refractivity contribution < 1.29 is 18.4 Å². The van der Waals surface area contributed by atoms with Crippen LogP contribution in [0.5, 0.6) is 0 Å². The maximum atomic E-state index is 13.0. The average molecular weight is 423 g/mol. The second-order valence-corrected chi connectivity index (χ2v) is 8.46. The van der Waals surface area contributed by atoms with E-state index in [4.69, 9.17) is 10.9 Å². The fourth-order valence-corrected chi connectivity index (χ4v) is 4.11. The van der Waals surface area contributed by atoms with Crippen LogP contribution in [0.1, 0.15) is 11.1 Å². The third-order valence-corrected chi connectivity index (χ3v) is 6.33. The molecule has 3 aromatic carbocycles. The molecule has 0 fully saturated rings. The van der Waals surface area contributed by atoms with Crippen LogP contribution in [0.3, 0.4) is 0 Å². The molecule has 0 aromatic heterocycles. The second-order valence-electron chi connectivity index (χ2n) is 6.49. The first-order chi connectivity index (χ1) is 14.3. The number of hydrogen-bond acceptors (Lipinski definition) is 5. The molecule has 0 radical (unpaired) electrons. The van der Waals surface area contributed by atoms with Crippen LogP contribution in [0, 0.1) is 0 Å². The van der Waals surface area contributed by atoms with Crippen molar-refractivity contribution in [3.05, 3.63) is 96.1 Å². The van der Waals surface area contributed by atoms with Crippen molar-refractivity contribution >= 4 is 32.9 Å². The van der Waals surface area contributed by atoms with Gasteiger partial charge in [-0.05, 0) is 53.1 Å². The molecule has 3 rings (SSSR count). The molecular formula is C22H21N3O4S. The zero-order valence-electron chi connectivity index (χ0n) is 16.2. The summed E-state index contributed by atoms with van der Waals surface area (Å²) in [5, 5.41) is 8.93. The Morgan fingerprint density at radius 1 is 0.967 bits per heavy atom. The van der Waals surface area contributed by atoms with E-state index in [9.17, 15) is 13.2 Å². The number of nitrogens with zero attached hydrogens (tertiary/aromatic N) is 1. The molecule has 3 aromatic rings. The molecule has 0 bridgehead atoms. The van der Waals surface area contributed by atoms with Crippen LogP contribution in [0.25, 0.3) is 5.57 Å². The average Bonchev–Trinajstić information content (AvgIpc) is 2.77. The van der Waals surface area contributed by atoms with Gasteiger partial charge in [0.1, 0.15) is 0 Å². The number of hydroxylamine groups is 1. The Bertz CT molecular complexity index is 1170. The van der Waals surface area contributed by atoms with E-state index in [1.54, 1.807) is 29.7 Å². The van der Waals surface area contributed by atoms with Crippen LogP contribution in [0.15, 0.2) is 89.8 Å². The molecule has 154 valence electrons. The highest BCUT2D eigenvalue weighted by atomic mass is 32.2. The highest BCUT2D eigenvalue weighted by Crippen LogP contribution is 2.29. The number of benzene rings is 3. The summed E-state index contributed by atoms with van der Waals surface area (Å²) in [6.45, 7) is 0. The fraction of sp³-hybridized carbons (Fsp3) is 0.0455. The van der Waals surface area contributed by atoms with Crippen molar-refractivity contribution in [2.24, 2.45) is 0 Å². The first-order valence-corrected chi connectivity index (χ1v) is 10.4. The highest BCUT2D eigenvalue weighted by molar-refractivity contribution is 7.92. The summed E-state index contributed by atoms with van der Waals surface area (Å²) in [6, 6.07) is 21.9. The van der Waals surface area contributed by atoms with Gasteiger partial charge in [-0.25, -0.2) is 13.9 Å². The molecule has 4 N–H and O–H groups in total. The smallest absolute Gasteiger partial charge is 0.267 e. The highest BCUT2D eigenvalue weighted by Gasteiger charge is 2.22. The van der Waals surface area contributed by atoms with Gasteiger partial charge in [0.15, 0.2) is 0 Å². The molecule has 0 atom stereocenters. The third-order valence-electron chi connectivity index (χ3n) is 4.53. The van der Waals surface area contributed by atoms with Crippen molar-refractivity contribution in [3.63, 3.8) is 0 Å². The molecule has 1 amide bonds. The van der Waals surface area contributed by atoms with Crippen molar-refractivity contribution in [1.29, 1.82) is 0 Å². The first-order valence-electron chi connectivity index (χ1n) is 8.99. The molecule has 0 heterocycles. The van der Waals surface area contributed by atoms with Crippen LogP contribution in [0.4, 0.5) is 11.4 Å². The summed E-state index contributed by atoms with van der Waals surface area (Å²) < 4.78 is 27.1. The lowest BCUT2D eigenvalue weighted by molar-refractivity contribution is -0.124. The zero-order valence-corrected chi connectivity index (χ0v) is 17.0. The van der Waals surface area contributed by atoms with Gasteiger partial charge in [0.2, 0.25) is 0 Å². The zero-order chi connectivity index (χ0) is 21.7. The van der Waals surface area contributed by atoms with Crippen molar-refractivity contribution in [2.75, 3.05) is 17.1 Å². The minimum absolute atomic E-state index is 0.114. The normalized spacial score (nSPS) is 11.7. The molecule has 0 aliphatic rings. The Labute approximate surface area is 175 Å². The van der Waals surface area contributed by atoms with E-state index < -0.39 is 15.9 Å². The monoisotopic (exact) mass is 423 g/mol. The van der Waals surface area contributed by atoms with E-state index in [1.807, 2.05) is 30.3 Å². The van der Waals surface area contributed by atoms with E-state index in [1.165, 1.54) is 37.4 Å². The van der Waals surface area contributed by atoms with Gasteiger partial charge >= 0.3 is 0 Å². The number of rotatable bonds is 6. The number of nitrogens with one attached hydrogen (secondary N) is 1. The number of hydrogen-bond donors (Lipinski definition) is 3. The number of nitrogens with two attached hydrogens (primary N) is 1. The third kappa shape index (κ3) is 4.51. The van der Waals surface area contributed by atoms with Gasteiger partial charge in [-0.2, -0.15) is 0 Å². The van der Waals surface area contributed by atoms with Crippen LogP contribution in [0.2, 0.25) is 0 Å². The number of anilines is 2. The Morgan fingerprint density at radius 2 is 1.60 bits per heavy atom. The topological polar surface area (TPSA) is 113 Å². The van der Waals surface area contributed by atoms with E-state index in [0.717, 1.165) is 9.87 Å². The molecule has 0 saturated carbocycles. The Morgan fingerprint density at radius 3 is 2.23 bits per heavy atom. The molecule has 30 heavy (non-hydrogen) atoms. The molecule has 8 heteroatoms. The predicted octanol–water partition coefficient (Wildman–Crippen LogP) is 3.03. The molecule has 0 spiro atoms. The Hall–Kier alpha value is -3.62. The molecule has 0 unspecified atom stereocenters. The lowest BCUT2D eigenvalue weighted by atomic mass is 9.97. The van der Waals surface area contributed by atoms with E-state index in [2.05, 4.69) is 0 Å². The lowest BCUT2D eigenvalue weighted by Gasteiger charge is -2.21. The van der Waals surface area contributed by atoms with Crippen molar-refractivity contribution in [2.45, 2.75) is 4.90 Å². The summed E-state index contributed by atoms with van der Waals surface area (Å²) in [6.07, 6.45) is 1.25. The number of sulfonamides is 1. The predicted molar refractivity (Wildman–Crippen MR) is 116 cm³/mol. The molecule has 0 saturated heterocycles. The van der Waals surface area contributed by atoms with E-state index in [0.29, 0.717) is 22.5 Å². The van der Waals surface area contributed by atoms with E-state index in [-0.39, 0.29) is 4.90 Å². The van der Waals surface area contributed by atoms with Gasteiger partial charge in [-0.1, -0.05) is 42.5 Å². The van der Waals surface area contributed by atoms with Crippen LogP contribution in [-0.2, 0) is 14.8 Å².